The van der Waals surface area contributed by atoms with Gasteiger partial charge >= 0.3 is 0 Å². The number of rotatable bonds is 7. The minimum absolute atomic E-state index is 0.138. The van der Waals surface area contributed by atoms with Crippen LogP contribution in [0.15, 0.2) is 82.1 Å². The number of hydrogen-bond donors (Lipinski definition) is 1. The third kappa shape index (κ3) is 5.66. The van der Waals surface area contributed by atoms with Crippen molar-refractivity contribution in [3.8, 4) is 11.8 Å². The Morgan fingerprint density at radius 2 is 1.91 bits per heavy atom. The molecule has 0 heterocycles. The predicted molar refractivity (Wildman–Crippen MR) is 124 cm³/mol. The molecule has 0 aliphatic carbocycles. The molecule has 0 atom stereocenters. The van der Waals surface area contributed by atoms with E-state index in [9.17, 15) is 20.2 Å². The summed E-state index contributed by atoms with van der Waals surface area (Å²) in [4.78, 5) is 24.9. The summed E-state index contributed by atoms with van der Waals surface area (Å²) in [6, 6.07) is 20.1. The molecule has 7 nitrogen and oxygen atoms in total. The highest BCUT2D eigenvalue weighted by atomic mass is 35.5. The van der Waals surface area contributed by atoms with Gasteiger partial charge in [-0.05, 0) is 54.1 Å². The molecule has 0 bridgehead atoms. The largest absolute Gasteiger partial charge is 0.495 e. The number of methoxy groups -OCH3 is 1. The van der Waals surface area contributed by atoms with Crippen LogP contribution < -0.4 is 10.1 Å². The van der Waals surface area contributed by atoms with Crippen LogP contribution >= 0.6 is 23.4 Å². The molecule has 3 aromatic rings. The van der Waals surface area contributed by atoms with Gasteiger partial charge in [0.15, 0.2) is 0 Å². The summed E-state index contributed by atoms with van der Waals surface area (Å²) in [7, 11) is 1.47. The minimum atomic E-state index is -0.653. The van der Waals surface area contributed by atoms with Crippen molar-refractivity contribution in [2.75, 3.05) is 12.4 Å². The van der Waals surface area contributed by atoms with E-state index in [1.165, 1.54) is 31.0 Å². The number of hydrogen-bond acceptors (Lipinski definition) is 6. The summed E-state index contributed by atoms with van der Waals surface area (Å²) in [6.45, 7) is 0. The van der Waals surface area contributed by atoms with Crippen molar-refractivity contribution >= 4 is 46.7 Å². The van der Waals surface area contributed by atoms with E-state index in [-0.39, 0.29) is 11.3 Å². The summed E-state index contributed by atoms with van der Waals surface area (Å²) in [6.07, 6.45) is 1.30. The van der Waals surface area contributed by atoms with Gasteiger partial charge in [-0.15, -0.1) is 0 Å². The number of nitro groups is 1. The SMILES string of the molecule is COc1ccccc1NC(=O)/C(C#N)=C\c1ccc(Sc2ccc(Cl)cc2)c([N+](=O)[O-])c1. The number of nitrogens with one attached hydrogen (secondary N) is 1. The van der Waals surface area contributed by atoms with Gasteiger partial charge in [0.25, 0.3) is 11.6 Å². The van der Waals surface area contributed by atoms with Crippen LogP contribution in [0.3, 0.4) is 0 Å². The highest BCUT2D eigenvalue weighted by Gasteiger charge is 2.17. The van der Waals surface area contributed by atoms with Gasteiger partial charge in [0, 0.05) is 16.0 Å². The van der Waals surface area contributed by atoms with Gasteiger partial charge in [0.05, 0.1) is 22.6 Å². The Labute approximate surface area is 193 Å². The predicted octanol–water partition coefficient (Wildman–Crippen LogP) is 5.95. The fourth-order valence-electron chi connectivity index (χ4n) is 2.74. The number of para-hydroxylation sites is 2. The molecule has 0 radical (unpaired) electrons. The molecule has 1 N–H and O–H groups in total. The first-order valence-electron chi connectivity index (χ1n) is 9.19. The maximum Gasteiger partial charge on any atom is 0.283 e. The van der Waals surface area contributed by atoms with E-state index in [4.69, 9.17) is 16.3 Å². The Morgan fingerprint density at radius 3 is 2.56 bits per heavy atom. The van der Waals surface area contributed by atoms with Crippen molar-refractivity contribution in [2.24, 2.45) is 0 Å². The number of ether oxygens (including phenoxy) is 1. The molecule has 1 amide bonds. The summed E-state index contributed by atoms with van der Waals surface area (Å²) in [5, 5.41) is 24.2. The van der Waals surface area contributed by atoms with Crippen molar-refractivity contribution in [1.29, 1.82) is 5.26 Å². The molecule has 0 spiro atoms. The Balaban J connectivity index is 1.87. The lowest BCUT2D eigenvalue weighted by Gasteiger charge is -2.09. The van der Waals surface area contributed by atoms with E-state index >= 15 is 0 Å². The number of nitriles is 1. The number of nitro benzene ring substituents is 1. The zero-order valence-corrected chi connectivity index (χ0v) is 18.3. The van der Waals surface area contributed by atoms with E-state index in [1.807, 2.05) is 6.07 Å². The molecule has 9 heteroatoms. The molecule has 0 saturated heterocycles. The molecule has 32 heavy (non-hydrogen) atoms. The first-order chi connectivity index (χ1) is 15.4. The fraction of sp³-hybridized carbons (Fsp3) is 0.0435. The Bertz CT molecular complexity index is 1240. The third-order valence-corrected chi connectivity index (χ3v) is 5.58. The topological polar surface area (TPSA) is 105 Å². The van der Waals surface area contributed by atoms with Crippen molar-refractivity contribution in [1.82, 2.24) is 0 Å². The molecule has 0 aromatic heterocycles. The lowest BCUT2D eigenvalue weighted by atomic mass is 10.1. The average Bonchev–Trinajstić information content (AvgIpc) is 2.79. The molecule has 0 fully saturated rings. The number of carbonyl (C=O) groups is 1. The number of anilines is 1. The maximum atomic E-state index is 12.6. The van der Waals surface area contributed by atoms with E-state index in [1.54, 1.807) is 60.7 Å². The lowest BCUT2D eigenvalue weighted by Crippen LogP contribution is -2.14. The monoisotopic (exact) mass is 465 g/mol. The van der Waals surface area contributed by atoms with Gasteiger partial charge in [-0.25, -0.2) is 0 Å². The normalized spacial score (nSPS) is 10.8. The van der Waals surface area contributed by atoms with Gasteiger partial charge in [-0.1, -0.05) is 41.6 Å². The van der Waals surface area contributed by atoms with Crippen LogP contribution in [0.1, 0.15) is 5.56 Å². The minimum Gasteiger partial charge on any atom is -0.495 e. The van der Waals surface area contributed by atoms with Crippen LogP contribution in [-0.4, -0.2) is 17.9 Å². The van der Waals surface area contributed by atoms with Gasteiger partial charge < -0.3 is 10.1 Å². The van der Waals surface area contributed by atoms with E-state index in [0.29, 0.717) is 26.9 Å². The number of nitrogens with zero attached hydrogens (tertiary/aromatic N) is 2. The van der Waals surface area contributed by atoms with E-state index in [2.05, 4.69) is 5.32 Å². The zero-order valence-electron chi connectivity index (χ0n) is 16.7. The van der Waals surface area contributed by atoms with Crippen molar-refractivity contribution in [3.63, 3.8) is 0 Å². The van der Waals surface area contributed by atoms with Crippen LogP contribution in [-0.2, 0) is 4.79 Å². The molecule has 160 valence electrons. The fourth-order valence-corrected chi connectivity index (χ4v) is 3.76. The molecule has 0 aliphatic rings. The second-order valence-electron chi connectivity index (χ2n) is 6.36. The summed E-state index contributed by atoms with van der Waals surface area (Å²) in [5.74, 6) is -0.211. The average molecular weight is 466 g/mol. The first kappa shape index (κ1) is 22.9. The summed E-state index contributed by atoms with van der Waals surface area (Å²) < 4.78 is 5.19. The molecule has 3 rings (SSSR count). The number of amides is 1. The van der Waals surface area contributed by atoms with Crippen LogP contribution in [0.25, 0.3) is 6.08 Å². The Kier molecular flexibility index (Phi) is 7.49. The van der Waals surface area contributed by atoms with Gasteiger partial charge in [0.1, 0.15) is 17.4 Å². The van der Waals surface area contributed by atoms with Gasteiger partial charge in [-0.3, -0.25) is 14.9 Å². The molecular weight excluding hydrogens is 450 g/mol. The van der Waals surface area contributed by atoms with Crippen LogP contribution in [0.2, 0.25) is 5.02 Å². The van der Waals surface area contributed by atoms with Crippen molar-refractivity contribution < 1.29 is 14.5 Å². The summed E-state index contributed by atoms with van der Waals surface area (Å²) >= 11 is 7.10. The summed E-state index contributed by atoms with van der Waals surface area (Å²) in [5.41, 5.74) is 0.412. The smallest absolute Gasteiger partial charge is 0.283 e. The number of carbonyl (C=O) groups excluding carboxylic acids is 1. The van der Waals surface area contributed by atoms with E-state index in [0.717, 1.165) is 4.90 Å². The third-order valence-electron chi connectivity index (χ3n) is 4.25. The van der Waals surface area contributed by atoms with Crippen molar-refractivity contribution in [2.45, 2.75) is 9.79 Å². The number of benzene rings is 3. The highest BCUT2D eigenvalue weighted by molar-refractivity contribution is 7.99. The molecule has 3 aromatic carbocycles. The van der Waals surface area contributed by atoms with Crippen LogP contribution in [0.5, 0.6) is 5.75 Å². The molecular formula is C23H16ClN3O4S. The van der Waals surface area contributed by atoms with Gasteiger partial charge in [0.2, 0.25) is 0 Å². The van der Waals surface area contributed by atoms with Crippen LogP contribution in [0, 0.1) is 21.4 Å². The quantitative estimate of drug-likeness (QED) is 0.200. The van der Waals surface area contributed by atoms with Gasteiger partial charge in [-0.2, -0.15) is 5.26 Å². The molecule has 0 saturated carbocycles. The van der Waals surface area contributed by atoms with Crippen LogP contribution in [0.4, 0.5) is 11.4 Å². The van der Waals surface area contributed by atoms with Crippen molar-refractivity contribution in [3.05, 3.63) is 93.0 Å². The van der Waals surface area contributed by atoms with E-state index < -0.39 is 10.8 Å². The standard InChI is InChI=1S/C23H16ClN3O4S/c1-31-21-5-3-2-4-19(21)26-23(28)16(14-25)12-15-6-11-22(20(13-15)27(29)30)32-18-9-7-17(24)8-10-18/h2-13H,1H3,(H,26,28)/b16-12-. The second kappa shape index (κ2) is 10.5. The first-order valence-corrected chi connectivity index (χ1v) is 10.4. The molecule has 0 unspecified atom stereocenters. The Morgan fingerprint density at radius 1 is 1.19 bits per heavy atom. The Hall–Kier alpha value is -3.80. The number of halogens is 1. The maximum absolute atomic E-state index is 12.6. The highest BCUT2D eigenvalue weighted by Crippen LogP contribution is 2.36. The zero-order chi connectivity index (χ0) is 23.1. The lowest BCUT2D eigenvalue weighted by molar-refractivity contribution is -0.387. The molecule has 0 aliphatic heterocycles. The second-order valence-corrected chi connectivity index (χ2v) is 7.92.